The number of ether oxygens (including phenoxy) is 4. The van der Waals surface area contributed by atoms with Gasteiger partial charge in [0.1, 0.15) is 35.4 Å². The molecule has 4 heterocycles. The molecule has 10 amide bonds. The second-order valence-electron chi connectivity index (χ2n) is 25.6. The van der Waals surface area contributed by atoms with Crippen LogP contribution in [0.15, 0.2) is 25.3 Å². The predicted octanol–water partition coefficient (Wildman–Crippen LogP) is 2.61. The maximum atomic E-state index is 13.9. The number of fused-ring (bicyclic) bond motifs is 6. The first-order valence-corrected chi connectivity index (χ1v) is 29.4. The number of cyclic esters (lactones) is 2. The molecule has 11 atom stereocenters. The number of alkyl carbamates (subject to hydrolysis) is 4. The van der Waals surface area contributed by atoms with Gasteiger partial charge in [0.15, 0.2) is 6.10 Å². The van der Waals surface area contributed by atoms with E-state index in [-0.39, 0.29) is 106 Å². The number of aliphatic hydroxyl groups is 1. The molecule has 470 valence electrons. The van der Waals surface area contributed by atoms with E-state index in [1.165, 1.54) is 22.0 Å². The number of piperidine rings is 2. The van der Waals surface area contributed by atoms with Crippen molar-refractivity contribution in [2.45, 2.75) is 187 Å². The quantitative estimate of drug-likeness (QED) is 0.0862. The summed E-state index contributed by atoms with van der Waals surface area (Å²) in [5.74, 6) is -4.34. The minimum absolute atomic E-state index is 0.0181. The molecule has 4 saturated heterocycles. The van der Waals surface area contributed by atoms with E-state index in [9.17, 15) is 57.8 Å². The number of hydrogen-bond acceptors (Lipinski definition) is 16. The standard InChI is InChI=1S/C29H47N5O8.C29H45N5O8/c2*1-7-13-30-24(37)22(35)18-11-8-9-14-31-26(39)41-15-10-12-19(33-27(40)42-28(2,3)4)25(38)34-16-17-20(29(17,5)6)21(34)23(36)32-18/h7,17-22,35H,1,8-16H2,2-6H3,(H,30,37)(H,31,39)(H,32,36)(H,33,40);7,17-21H,1,8-16H2,2-6H3,(H,30,37)(H,31,39)(H,32,36)(H,33,40)/t17-,18-,19-,20-,21-,22?;17-,18-,19-,20-,21-/m00/s1. The van der Waals surface area contributed by atoms with E-state index in [4.69, 9.17) is 18.9 Å². The van der Waals surface area contributed by atoms with E-state index < -0.39 is 119 Å². The van der Waals surface area contributed by atoms with Gasteiger partial charge in [-0.1, -0.05) is 39.8 Å². The van der Waals surface area contributed by atoms with Crippen molar-refractivity contribution in [1.29, 1.82) is 0 Å². The number of carbonyl (C=O) groups excluding carboxylic acids is 11. The number of rotatable bonds is 10. The summed E-state index contributed by atoms with van der Waals surface area (Å²) in [4.78, 5) is 146. The largest absolute Gasteiger partial charge is 0.450 e. The Morgan fingerprint density at radius 1 is 0.643 bits per heavy atom. The number of nitrogens with zero attached hydrogens (tertiary/aromatic N) is 2. The van der Waals surface area contributed by atoms with Gasteiger partial charge >= 0.3 is 24.4 Å². The third kappa shape index (κ3) is 18.5. The third-order valence-electron chi connectivity index (χ3n) is 16.3. The van der Waals surface area contributed by atoms with E-state index in [1.807, 2.05) is 27.7 Å². The average molecular weight is 1190 g/mol. The Hall–Kier alpha value is -6.99. The summed E-state index contributed by atoms with van der Waals surface area (Å²) in [6.45, 7) is 27.0. The van der Waals surface area contributed by atoms with E-state index in [0.717, 1.165) is 0 Å². The monoisotopic (exact) mass is 1180 g/mol. The Labute approximate surface area is 492 Å². The minimum Gasteiger partial charge on any atom is -0.450 e. The minimum atomic E-state index is -1.54. The molecule has 26 heteroatoms. The van der Waals surface area contributed by atoms with E-state index in [1.54, 1.807) is 41.5 Å². The molecular formula is C58H92N10O16. The van der Waals surface area contributed by atoms with Crippen LogP contribution in [0.4, 0.5) is 19.2 Å². The number of hydrogen-bond donors (Lipinski definition) is 9. The van der Waals surface area contributed by atoms with Gasteiger partial charge in [0.05, 0.1) is 25.3 Å². The fourth-order valence-corrected chi connectivity index (χ4v) is 11.8. The van der Waals surface area contributed by atoms with Crippen molar-refractivity contribution in [3.63, 3.8) is 0 Å². The van der Waals surface area contributed by atoms with Gasteiger partial charge in [-0.15, -0.1) is 13.2 Å². The molecule has 0 aromatic carbocycles. The van der Waals surface area contributed by atoms with Crippen molar-refractivity contribution in [2.75, 3.05) is 52.5 Å². The highest BCUT2D eigenvalue weighted by Gasteiger charge is 2.71. The lowest BCUT2D eigenvalue weighted by Crippen LogP contribution is -2.59. The fraction of sp³-hybridized carbons (Fsp3) is 0.741. The summed E-state index contributed by atoms with van der Waals surface area (Å²) in [5, 5.41) is 32.0. The predicted molar refractivity (Wildman–Crippen MR) is 305 cm³/mol. The second-order valence-corrected chi connectivity index (χ2v) is 25.6. The molecule has 6 aliphatic rings. The SMILES string of the molecule is C=CCNC(=O)C(=O)[C@@H]1CCCCNC(=O)OCCC[C@H](NC(=O)OC(C)(C)C)C(=O)N2C[C@H]3[C@@H]([C@H]2C(=O)N1)C3(C)C.C=CCNC(=O)C(O)[C@@H]1CCCCNC(=O)OCCC[C@H](NC(=O)OC(C)(C)C)C(=O)N2C[C@H]3[C@@H]([C@H]2C(=O)N1)C3(C)C. The molecule has 6 rings (SSSR count). The molecule has 26 nitrogen and oxygen atoms in total. The van der Waals surface area contributed by atoms with Crippen molar-refractivity contribution in [1.82, 2.24) is 52.3 Å². The number of aliphatic hydroxyl groups excluding tert-OH is 1. The van der Waals surface area contributed by atoms with Crippen molar-refractivity contribution >= 4 is 65.6 Å². The normalized spacial score (nSPS) is 28.9. The Bertz CT molecular complexity index is 2460. The Morgan fingerprint density at radius 2 is 1.07 bits per heavy atom. The van der Waals surface area contributed by atoms with Gasteiger partial charge in [-0.05, 0) is 140 Å². The molecule has 0 spiro atoms. The van der Waals surface area contributed by atoms with Gasteiger partial charge in [0.25, 0.3) is 11.8 Å². The van der Waals surface area contributed by atoms with Crippen molar-refractivity contribution in [3.8, 4) is 0 Å². The van der Waals surface area contributed by atoms with Crippen LogP contribution in [0.3, 0.4) is 0 Å². The van der Waals surface area contributed by atoms with Crippen LogP contribution < -0.4 is 42.5 Å². The average Bonchev–Trinajstić information content (AvgIpc) is 1.60. The van der Waals surface area contributed by atoms with Gasteiger partial charge in [-0.25, -0.2) is 19.2 Å². The molecule has 0 aromatic heterocycles. The van der Waals surface area contributed by atoms with Gasteiger partial charge < -0.3 is 76.4 Å². The van der Waals surface area contributed by atoms with Crippen molar-refractivity contribution in [2.24, 2.45) is 34.5 Å². The van der Waals surface area contributed by atoms with Crippen LogP contribution in [0.25, 0.3) is 0 Å². The van der Waals surface area contributed by atoms with Crippen LogP contribution in [0, 0.1) is 34.5 Å². The zero-order valence-corrected chi connectivity index (χ0v) is 50.6. The maximum absolute atomic E-state index is 13.9. The molecule has 2 saturated carbocycles. The zero-order valence-electron chi connectivity index (χ0n) is 50.6. The summed E-state index contributed by atoms with van der Waals surface area (Å²) in [7, 11) is 0. The van der Waals surface area contributed by atoms with E-state index in [0.29, 0.717) is 45.3 Å². The molecule has 1 unspecified atom stereocenters. The number of carbonyl (C=O) groups is 11. The summed E-state index contributed by atoms with van der Waals surface area (Å²) >= 11 is 0. The Morgan fingerprint density at radius 3 is 1.51 bits per heavy atom. The lowest BCUT2D eigenvalue weighted by Gasteiger charge is -2.34. The molecule has 0 aromatic rings. The lowest BCUT2D eigenvalue weighted by atomic mass is 9.97. The topological polar surface area (TPSA) is 348 Å². The molecular weight excluding hydrogens is 1090 g/mol. The van der Waals surface area contributed by atoms with E-state index in [2.05, 4.69) is 55.7 Å². The molecule has 84 heavy (non-hydrogen) atoms. The summed E-state index contributed by atoms with van der Waals surface area (Å²) in [5.41, 5.74) is -1.97. The van der Waals surface area contributed by atoms with Crippen LogP contribution in [0.1, 0.15) is 133 Å². The summed E-state index contributed by atoms with van der Waals surface area (Å²) in [6, 6.07) is -5.86. The fourth-order valence-electron chi connectivity index (χ4n) is 11.8. The highest BCUT2D eigenvalue weighted by molar-refractivity contribution is 6.38. The Kier molecular flexibility index (Phi) is 23.6. The molecule has 9 N–H and O–H groups in total. The number of Topliss-reactive ketones (excluding diaryl/α,β-unsaturated/α-hetero) is 1. The number of nitrogens with one attached hydrogen (secondary N) is 8. The molecule has 4 aliphatic heterocycles. The lowest BCUT2D eigenvalue weighted by molar-refractivity contribution is -0.144. The van der Waals surface area contributed by atoms with Gasteiger partial charge in [-0.3, -0.25) is 33.6 Å². The highest BCUT2D eigenvalue weighted by atomic mass is 16.6. The van der Waals surface area contributed by atoms with E-state index >= 15 is 0 Å². The first kappa shape index (κ1) is 67.8. The third-order valence-corrected chi connectivity index (χ3v) is 16.3. The Balaban J connectivity index is 0.000000307. The van der Waals surface area contributed by atoms with Crippen LogP contribution in [-0.4, -0.2) is 187 Å². The summed E-state index contributed by atoms with van der Waals surface area (Å²) in [6.07, 6.45) is 1.78. The van der Waals surface area contributed by atoms with Crippen LogP contribution in [0.2, 0.25) is 0 Å². The zero-order chi connectivity index (χ0) is 62.5. The summed E-state index contributed by atoms with van der Waals surface area (Å²) < 4.78 is 21.2. The van der Waals surface area contributed by atoms with Crippen LogP contribution in [0.5, 0.6) is 0 Å². The van der Waals surface area contributed by atoms with Crippen LogP contribution in [-0.2, 0) is 52.5 Å². The molecule has 0 bridgehead atoms. The van der Waals surface area contributed by atoms with Gasteiger partial charge in [0.2, 0.25) is 29.4 Å². The highest BCUT2D eigenvalue weighted by Crippen LogP contribution is 2.66. The molecule has 0 radical (unpaired) electrons. The van der Waals surface area contributed by atoms with Crippen molar-refractivity contribution < 1.29 is 76.8 Å². The van der Waals surface area contributed by atoms with Crippen molar-refractivity contribution in [3.05, 3.63) is 25.3 Å². The first-order chi connectivity index (χ1) is 39.3. The van der Waals surface area contributed by atoms with Gasteiger partial charge in [-0.2, -0.15) is 0 Å². The number of ketones is 1. The number of amides is 10. The smallest absolute Gasteiger partial charge is 0.408 e. The molecule has 2 aliphatic carbocycles. The molecule has 6 fully saturated rings. The maximum Gasteiger partial charge on any atom is 0.408 e. The van der Waals surface area contributed by atoms with Crippen LogP contribution >= 0.6 is 0 Å². The van der Waals surface area contributed by atoms with Gasteiger partial charge in [0, 0.05) is 39.3 Å². The first-order valence-electron chi connectivity index (χ1n) is 29.4. The second kappa shape index (κ2) is 29.2.